The van der Waals surface area contributed by atoms with Crippen LogP contribution in [0.2, 0.25) is 0 Å². The lowest BCUT2D eigenvalue weighted by molar-refractivity contribution is 0.188. The van der Waals surface area contributed by atoms with E-state index >= 15 is 0 Å². The van der Waals surface area contributed by atoms with Gasteiger partial charge >= 0.3 is 0 Å². The first-order chi connectivity index (χ1) is 10.2. The van der Waals surface area contributed by atoms with Crippen molar-refractivity contribution >= 4 is 11.6 Å². The number of hydrogen-bond acceptors (Lipinski definition) is 5. The first-order valence-electron chi connectivity index (χ1n) is 8.27. The Bertz CT molecular complexity index is 502. The third-order valence-corrected chi connectivity index (χ3v) is 4.76. The zero-order valence-electron chi connectivity index (χ0n) is 13.4. The maximum absolute atomic E-state index is 4.62. The van der Waals surface area contributed by atoms with Crippen molar-refractivity contribution < 1.29 is 0 Å². The standard InChI is InChI=1S/C16H27N5/c1-4-17-15-11(2)16(19-12(3)18-15)20-13-7-9-21-8-5-6-14(21)10-13/h13-14H,4-10H2,1-3H3,(H2,17,18,19,20). The zero-order chi connectivity index (χ0) is 14.8. The van der Waals surface area contributed by atoms with Gasteiger partial charge in [0.1, 0.15) is 17.5 Å². The van der Waals surface area contributed by atoms with E-state index < -0.39 is 0 Å². The molecule has 5 heteroatoms. The molecule has 2 saturated heterocycles. The molecule has 1 aromatic rings. The predicted molar refractivity (Wildman–Crippen MR) is 86.9 cm³/mol. The maximum Gasteiger partial charge on any atom is 0.134 e. The van der Waals surface area contributed by atoms with Gasteiger partial charge in [-0.2, -0.15) is 0 Å². The summed E-state index contributed by atoms with van der Waals surface area (Å²) in [4.78, 5) is 11.8. The third kappa shape index (κ3) is 3.12. The summed E-state index contributed by atoms with van der Waals surface area (Å²) in [5.41, 5.74) is 1.14. The number of nitrogens with zero attached hydrogens (tertiary/aromatic N) is 3. The minimum atomic E-state index is 0.548. The molecule has 3 rings (SSSR count). The largest absolute Gasteiger partial charge is 0.370 e. The Hall–Kier alpha value is -1.36. The molecule has 2 atom stereocenters. The number of rotatable bonds is 4. The van der Waals surface area contributed by atoms with Crippen molar-refractivity contribution in [2.45, 2.75) is 58.5 Å². The van der Waals surface area contributed by atoms with Crippen molar-refractivity contribution in [2.75, 3.05) is 30.3 Å². The molecule has 0 bridgehead atoms. The molecule has 5 nitrogen and oxygen atoms in total. The molecule has 2 aliphatic rings. The quantitative estimate of drug-likeness (QED) is 0.892. The van der Waals surface area contributed by atoms with E-state index in [-0.39, 0.29) is 0 Å². The molecule has 116 valence electrons. The van der Waals surface area contributed by atoms with E-state index in [1.807, 2.05) is 6.92 Å². The van der Waals surface area contributed by atoms with Crippen LogP contribution in [0.4, 0.5) is 11.6 Å². The van der Waals surface area contributed by atoms with Crippen molar-refractivity contribution in [3.05, 3.63) is 11.4 Å². The highest BCUT2D eigenvalue weighted by Gasteiger charge is 2.31. The Morgan fingerprint density at radius 1 is 1.14 bits per heavy atom. The van der Waals surface area contributed by atoms with Gasteiger partial charge in [-0.1, -0.05) is 0 Å². The molecule has 2 fully saturated rings. The normalized spacial score (nSPS) is 25.7. The minimum Gasteiger partial charge on any atom is -0.370 e. The number of nitrogens with one attached hydrogen (secondary N) is 2. The lowest BCUT2D eigenvalue weighted by Crippen LogP contribution is -2.43. The van der Waals surface area contributed by atoms with E-state index in [0.29, 0.717) is 6.04 Å². The summed E-state index contributed by atoms with van der Waals surface area (Å²) in [6.45, 7) is 9.58. The Morgan fingerprint density at radius 3 is 2.76 bits per heavy atom. The highest BCUT2D eigenvalue weighted by Crippen LogP contribution is 2.29. The van der Waals surface area contributed by atoms with E-state index in [2.05, 4.69) is 39.3 Å². The first-order valence-corrected chi connectivity index (χ1v) is 8.27. The van der Waals surface area contributed by atoms with Crippen LogP contribution in [-0.4, -0.2) is 46.6 Å². The number of piperidine rings is 1. The molecule has 21 heavy (non-hydrogen) atoms. The third-order valence-electron chi connectivity index (χ3n) is 4.76. The first kappa shape index (κ1) is 14.6. The van der Waals surface area contributed by atoms with E-state index in [1.165, 1.54) is 38.8 Å². The predicted octanol–water partition coefficient (Wildman–Crippen LogP) is 2.56. The average Bonchev–Trinajstić information content (AvgIpc) is 2.91. The van der Waals surface area contributed by atoms with Crippen LogP contribution in [0.3, 0.4) is 0 Å². The van der Waals surface area contributed by atoms with E-state index in [1.54, 1.807) is 0 Å². The Kier molecular flexibility index (Phi) is 4.29. The highest BCUT2D eigenvalue weighted by atomic mass is 15.2. The van der Waals surface area contributed by atoms with E-state index in [4.69, 9.17) is 0 Å². The molecule has 2 aliphatic heterocycles. The van der Waals surface area contributed by atoms with Crippen molar-refractivity contribution in [3.63, 3.8) is 0 Å². The molecule has 0 radical (unpaired) electrons. The summed E-state index contributed by atoms with van der Waals surface area (Å²) >= 11 is 0. The van der Waals surface area contributed by atoms with Gasteiger partial charge in [-0.15, -0.1) is 0 Å². The molecule has 0 saturated carbocycles. The number of anilines is 2. The van der Waals surface area contributed by atoms with Crippen LogP contribution in [0.25, 0.3) is 0 Å². The Labute approximate surface area is 127 Å². The fraction of sp³-hybridized carbons (Fsp3) is 0.750. The van der Waals surface area contributed by atoms with Gasteiger partial charge in [-0.25, -0.2) is 9.97 Å². The van der Waals surface area contributed by atoms with Crippen LogP contribution in [0.5, 0.6) is 0 Å². The number of hydrogen-bond donors (Lipinski definition) is 2. The second kappa shape index (κ2) is 6.18. The van der Waals surface area contributed by atoms with Gasteiger partial charge < -0.3 is 15.5 Å². The van der Waals surface area contributed by atoms with Crippen molar-refractivity contribution in [3.8, 4) is 0 Å². The fourth-order valence-corrected chi connectivity index (χ4v) is 3.66. The molecule has 2 unspecified atom stereocenters. The topological polar surface area (TPSA) is 53.1 Å². The van der Waals surface area contributed by atoms with Crippen molar-refractivity contribution in [2.24, 2.45) is 0 Å². The van der Waals surface area contributed by atoms with E-state index in [0.717, 1.165) is 35.6 Å². The van der Waals surface area contributed by atoms with Gasteiger partial charge in [0.25, 0.3) is 0 Å². The monoisotopic (exact) mass is 289 g/mol. The van der Waals surface area contributed by atoms with Crippen molar-refractivity contribution in [1.82, 2.24) is 14.9 Å². The summed E-state index contributed by atoms with van der Waals surface area (Å²) < 4.78 is 0. The summed E-state index contributed by atoms with van der Waals surface area (Å²) in [6.07, 6.45) is 5.20. The second-order valence-electron chi connectivity index (χ2n) is 6.32. The van der Waals surface area contributed by atoms with Gasteiger partial charge in [0.05, 0.1) is 0 Å². The molecule has 1 aromatic heterocycles. The molecular weight excluding hydrogens is 262 g/mol. The Balaban J connectivity index is 1.72. The summed E-state index contributed by atoms with van der Waals surface area (Å²) in [5.74, 6) is 2.80. The zero-order valence-corrected chi connectivity index (χ0v) is 13.4. The SMILES string of the molecule is CCNc1nc(C)nc(NC2CCN3CCCC3C2)c1C. The number of aromatic nitrogens is 2. The molecule has 0 amide bonds. The number of aryl methyl sites for hydroxylation is 1. The van der Waals surface area contributed by atoms with Crippen LogP contribution in [0.1, 0.15) is 44.0 Å². The Morgan fingerprint density at radius 2 is 1.95 bits per heavy atom. The van der Waals surface area contributed by atoms with Crippen LogP contribution in [-0.2, 0) is 0 Å². The number of fused-ring (bicyclic) bond motifs is 1. The smallest absolute Gasteiger partial charge is 0.134 e. The van der Waals surface area contributed by atoms with Crippen LogP contribution in [0, 0.1) is 13.8 Å². The van der Waals surface area contributed by atoms with Crippen LogP contribution < -0.4 is 10.6 Å². The molecule has 0 aromatic carbocycles. The maximum atomic E-state index is 4.62. The van der Waals surface area contributed by atoms with Gasteiger partial charge in [0, 0.05) is 30.7 Å². The summed E-state index contributed by atoms with van der Waals surface area (Å²) in [6, 6.07) is 1.33. The molecular formula is C16H27N5. The van der Waals surface area contributed by atoms with Gasteiger partial charge in [-0.3, -0.25) is 0 Å². The highest BCUT2D eigenvalue weighted by molar-refractivity contribution is 5.57. The lowest BCUT2D eigenvalue weighted by atomic mass is 9.97. The van der Waals surface area contributed by atoms with E-state index in [9.17, 15) is 0 Å². The second-order valence-corrected chi connectivity index (χ2v) is 6.32. The molecule has 3 heterocycles. The van der Waals surface area contributed by atoms with Gasteiger partial charge in [0.15, 0.2) is 0 Å². The summed E-state index contributed by atoms with van der Waals surface area (Å²) in [7, 11) is 0. The van der Waals surface area contributed by atoms with Gasteiger partial charge in [-0.05, 0) is 53.0 Å². The fourth-order valence-electron chi connectivity index (χ4n) is 3.66. The van der Waals surface area contributed by atoms with Gasteiger partial charge in [0.2, 0.25) is 0 Å². The molecule has 0 aliphatic carbocycles. The lowest BCUT2D eigenvalue weighted by Gasteiger charge is -2.35. The summed E-state index contributed by atoms with van der Waals surface area (Å²) in [5, 5.41) is 7.02. The van der Waals surface area contributed by atoms with Crippen LogP contribution in [0.15, 0.2) is 0 Å². The minimum absolute atomic E-state index is 0.548. The average molecular weight is 289 g/mol. The van der Waals surface area contributed by atoms with Crippen LogP contribution >= 0.6 is 0 Å². The molecule has 2 N–H and O–H groups in total. The van der Waals surface area contributed by atoms with Crippen molar-refractivity contribution in [1.29, 1.82) is 0 Å². The molecule has 0 spiro atoms.